The first-order valence-corrected chi connectivity index (χ1v) is 4.58. The predicted molar refractivity (Wildman–Crippen MR) is 44.2 cm³/mol. The number of nitriles is 1. The minimum absolute atomic E-state index is 0.0145. The van der Waals surface area contributed by atoms with E-state index in [1.54, 1.807) is 0 Å². The Kier molecular flexibility index (Phi) is 1.51. The average Bonchev–Trinajstić information content (AvgIpc) is 2.03. The molecule has 0 aliphatic heterocycles. The van der Waals surface area contributed by atoms with Gasteiger partial charge in [0.1, 0.15) is 5.78 Å². The summed E-state index contributed by atoms with van der Waals surface area (Å²) in [5.41, 5.74) is 0.0145. The van der Waals surface area contributed by atoms with Crippen LogP contribution >= 0.6 is 0 Å². The Bertz CT molecular complexity index is 266. The third kappa shape index (κ3) is 0.891. The van der Waals surface area contributed by atoms with Crippen LogP contribution in [0.1, 0.15) is 32.6 Å². The van der Waals surface area contributed by atoms with E-state index in [0.717, 1.165) is 19.3 Å². The smallest absolute Gasteiger partial charge is 0.136 e. The molecule has 0 radical (unpaired) electrons. The molecule has 0 saturated heterocycles. The number of hydrogen-bond acceptors (Lipinski definition) is 2. The zero-order valence-corrected chi connectivity index (χ0v) is 7.34. The van der Waals surface area contributed by atoms with Gasteiger partial charge in [-0.25, -0.2) is 0 Å². The molecule has 0 aromatic rings. The summed E-state index contributed by atoms with van der Waals surface area (Å²) in [7, 11) is 0. The second kappa shape index (κ2) is 2.32. The highest BCUT2D eigenvalue weighted by Gasteiger charge is 2.48. The van der Waals surface area contributed by atoms with Crippen LogP contribution in [0.2, 0.25) is 0 Å². The Balaban J connectivity index is 2.29. The quantitative estimate of drug-likeness (QED) is 0.547. The maximum atomic E-state index is 11.4. The first kappa shape index (κ1) is 7.79. The van der Waals surface area contributed by atoms with Gasteiger partial charge in [0, 0.05) is 12.3 Å². The van der Waals surface area contributed by atoms with Gasteiger partial charge in [-0.3, -0.25) is 4.79 Å². The summed E-state index contributed by atoms with van der Waals surface area (Å²) >= 11 is 0. The number of fused-ring (bicyclic) bond motifs is 3. The van der Waals surface area contributed by atoms with Gasteiger partial charge in [-0.15, -0.1) is 0 Å². The molecule has 0 aromatic heterocycles. The monoisotopic (exact) mass is 163 g/mol. The van der Waals surface area contributed by atoms with Crippen LogP contribution < -0.4 is 0 Å². The number of carbonyl (C=O) groups is 1. The molecule has 0 aromatic carbocycles. The van der Waals surface area contributed by atoms with Gasteiger partial charge in [-0.2, -0.15) is 5.26 Å². The van der Waals surface area contributed by atoms with Crippen molar-refractivity contribution in [1.82, 2.24) is 0 Å². The molecule has 12 heavy (non-hydrogen) atoms. The van der Waals surface area contributed by atoms with Crippen LogP contribution in [0.15, 0.2) is 0 Å². The highest BCUT2D eigenvalue weighted by Crippen LogP contribution is 2.51. The lowest BCUT2D eigenvalue weighted by atomic mass is 9.56. The Labute approximate surface area is 72.6 Å². The van der Waals surface area contributed by atoms with E-state index in [2.05, 4.69) is 13.0 Å². The lowest BCUT2D eigenvalue weighted by molar-refractivity contribution is -0.135. The molecule has 3 unspecified atom stereocenters. The van der Waals surface area contributed by atoms with Gasteiger partial charge in [0.05, 0.1) is 12.0 Å². The van der Waals surface area contributed by atoms with Gasteiger partial charge in [-0.1, -0.05) is 6.92 Å². The fourth-order valence-electron chi connectivity index (χ4n) is 2.62. The topological polar surface area (TPSA) is 40.9 Å². The Morgan fingerprint density at radius 1 is 1.67 bits per heavy atom. The molecule has 2 bridgehead atoms. The van der Waals surface area contributed by atoms with Crippen molar-refractivity contribution < 1.29 is 4.79 Å². The maximum absolute atomic E-state index is 11.4. The molecule has 3 rings (SSSR count). The van der Waals surface area contributed by atoms with Crippen molar-refractivity contribution in [2.75, 3.05) is 0 Å². The molecule has 3 saturated carbocycles. The van der Waals surface area contributed by atoms with Gasteiger partial charge in [0.2, 0.25) is 0 Å². The van der Waals surface area contributed by atoms with Crippen LogP contribution in [0, 0.1) is 28.6 Å². The third-order valence-corrected chi connectivity index (χ3v) is 3.61. The van der Waals surface area contributed by atoms with E-state index in [-0.39, 0.29) is 17.3 Å². The molecule has 0 spiro atoms. The number of hydrogen-bond donors (Lipinski definition) is 0. The van der Waals surface area contributed by atoms with E-state index < -0.39 is 0 Å². The first-order chi connectivity index (χ1) is 5.65. The van der Waals surface area contributed by atoms with Crippen molar-refractivity contribution >= 4 is 5.78 Å². The third-order valence-electron chi connectivity index (χ3n) is 3.61. The normalized spacial score (nSPS) is 45.8. The van der Waals surface area contributed by atoms with Gasteiger partial charge >= 0.3 is 0 Å². The summed E-state index contributed by atoms with van der Waals surface area (Å²) in [6.45, 7) is 2.09. The van der Waals surface area contributed by atoms with E-state index in [0.29, 0.717) is 12.2 Å². The second-order valence-corrected chi connectivity index (χ2v) is 4.45. The molecule has 0 heterocycles. The van der Waals surface area contributed by atoms with Gasteiger partial charge < -0.3 is 0 Å². The number of rotatable bonds is 0. The summed E-state index contributed by atoms with van der Waals surface area (Å²) in [6, 6.07) is 2.34. The van der Waals surface area contributed by atoms with Crippen molar-refractivity contribution in [3.05, 3.63) is 0 Å². The van der Waals surface area contributed by atoms with Gasteiger partial charge in [0.15, 0.2) is 0 Å². The maximum Gasteiger partial charge on any atom is 0.136 e. The molecule has 0 N–H and O–H groups in total. The zero-order valence-electron chi connectivity index (χ0n) is 7.34. The Morgan fingerprint density at radius 2 is 2.42 bits per heavy atom. The van der Waals surface area contributed by atoms with Gasteiger partial charge in [0.25, 0.3) is 0 Å². The molecule has 3 atom stereocenters. The molecule has 3 fully saturated rings. The largest absolute Gasteiger partial charge is 0.299 e. The zero-order chi connectivity index (χ0) is 8.77. The van der Waals surface area contributed by atoms with Crippen LogP contribution in [-0.2, 0) is 4.79 Å². The van der Waals surface area contributed by atoms with Crippen LogP contribution in [-0.4, -0.2) is 5.78 Å². The molecule has 3 aliphatic rings. The van der Waals surface area contributed by atoms with E-state index in [1.165, 1.54) is 0 Å². The number of nitrogens with zero attached hydrogens (tertiary/aromatic N) is 1. The lowest BCUT2D eigenvalue weighted by Gasteiger charge is -2.46. The minimum Gasteiger partial charge on any atom is -0.299 e. The summed E-state index contributed by atoms with van der Waals surface area (Å²) in [5, 5.41) is 8.90. The summed E-state index contributed by atoms with van der Waals surface area (Å²) in [4.78, 5) is 11.4. The van der Waals surface area contributed by atoms with Crippen molar-refractivity contribution in [1.29, 1.82) is 5.26 Å². The standard InChI is InChI=1S/C10H13NO/c1-10-3-2-7(9(12)5-10)4-8(10)6-11/h7-8H,2-5H2,1H3. The van der Waals surface area contributed by atoms with Crippen LogP contribution in [0.5, 0.6) is 0 Å². The average molecular weight is 163 g/mol. The SMILES string of the molecule is CC12CCC(CC1C#N)C(=O)C2. The van der Waals surface area contributed by atoms with Crippen molar-refractivity contribution in [2.24, 2.45) is 17.3 Å². The van der Waals surface area contributed by atoms with Crippen molar-refractivity contribution in [3.8, 4) is 6.07 Å². The van der Waals surface area contributed by atoms with Crippen LogP contribution in [0.3, 0.4) is 0 Å². The number of ketones is 1. The molecule has 64 valence electrons. The number of carbonyl (C=O) groups excluding carboxylic acids is 1. The molecule has 2 heteroatoms. The highest BCUT2D eigenvalue weighted by atomic mass is 16.1. The Morgan fingerprint density at radius 3 is 2.92 bits per heavy atom. The van der Waals surface area contributed by atoms with Crippen LogP contribution in [0.4, 0.5) is 0 Å². The summed E-state index contributed by atoms with van der Waals surface area (Å²) in [6.07, 6.45) is 3.57. The lowest BCUT2D eigenvalue weighted by Crippen LogP contribution is -2.44. The minimum atomic E-state index is 0.0145. The highest BCUT2D eigenvalue weighted by molar-refractivity contribution is 5.83. The van der Waals surface area contributed by atoms with E-state index >= 15 is 0 Å². The number of Topliss-reactive ketones (excluding diaryl/α,β-unsaturated/α-hetero) is 1. The first-order valence-electron chi connectivity index (χ1n) is 4.58. The van der Waals surface area contributed by atoms with Gasteiger partial charge in [-0.05, 0) is 24.7 Å². The van der Waals surface area contributed by atoms with E-state index in [4.69, 9.17) is 5.26 Å². The van der Waals surface area contributed by atoms with E-state index in [9.17, 15) is 4.79 Å². The van der Waals surface area contributed by atoms with Crippen LogP contribution in [0.25, 0.3) is 0 Å². The molecule has 0 amide bonds. The second-order valence-electron chi connectivity index (χ2n) is 4.45. The van der Waals surface area contributed by atoms with Crippen molar-refractivity contribution in [2.45, 2.75) is 32.6 Å². The molecule has 3 aliphatic carbocycles. The van der Waals surface area contributed by atoms with Crippen molar-refractivity contribution in [3.63, 3.8) is 0 Å². The predicted octanol–water partition coefficient (Wildman–Crippen LogP) is 1.91. The fourth-order valence-corrected chi connectivity index (χ4v) is 2.62. The molecular weight excluding hydrogens is 150 g/mol. The fraction of sp³-hybridized carbons (Fsp3) is 0.800. The Hall–Kier alpha value is -0.840. The molecular formula is C10H13NO. The van der Waals surface area contributed by atoms with E-state index in [1.807, 2.05) is 0 Å². The summed E-state index contributed by atoms with van der Waals surface area (Å²) in [5.74, 6) is 0.751. The molecule has 2 nitrogen and oxygen atoms in total. The summed E-state index contributed by atoms with van der Waals surface area (Å²) < 4.78 is 0.